The van der Waals surface area contributed by atoms with Gasteiger partial charge in [0.2, 0.25) is 0 Å². The second-order valence-corrected chi connectivity index (χ2v) is 5.19. The van der Waals surface area contributed by atoms with Crippen LogP contribution in [-0.2, 0) is 13.0 Å². The summed E-state index contributed by atoms with van der Waals surface area (Å²) < 4.78 is 1.76. The van der Waals surface area contributed by atoms with Crippen molar-refractivity contribution >= 4 is 5.69 Å². The molecule has 0 radical (unpaired) electrons. The first-order valence-electron chi connectivity index (χ1n) is 6.25. The number of aromatic nitrogens is 2. The van der Waals surface area contributed by atoms with Gasteiger partial charge in [0.25, 0.3) is 0 Å². The van der Waals surface area contributed by atoms with Crippen LogP contribution < -0.4 is 0 Å². The zero-order valence-electron chi connectivity index (χ0n) is 11.6. The maximum absolute atomic E-state index is 11.0. The molecule has 0 bridgehead atoms. The molecule has 0 amide bonds. The molecule has 102 valence electrons. The Morgan fingerprint density at radius 2 is 2.17 bits per heavy atom. The molecule has 0 N–H and O–H groups in total. The first-order chi connectivity index (χ1) is 8.41. The van der Waals surface area contributed by atoms with Crippen LogP contribution >= 0.6 is 0 Å². The number of hydrogen-bond donors (Lipinski definition) is 0. The van der Waals surface area contributed by atoms with Crippen LogP contribution in [0, 0.1) is 16.0 Å². The molecule has 1 aromatic heterocycles. The van der Waals surface area contributed by atoms with E-state index in [1.807, 2.05) is 19.0 Å². The minimum absolute atomic E-state index is 0.148. The molecule has 1 rings (SSSR count). The predicted octanol–water partition coefficient (Wildman–Crippen LogP) is 1.94. The summed E-state index contributed by atoms with van der Waals surface area (Å²) in [6.07, 6.45) is 3.02. The van der Waals surface area contributed by atoms with E-state index >= 15 is 0 Å². The summed E-state index contributed by atoms with van der Waals surface area (Å²) in [6, 6.07) is 0. The summed E-state index contributed by atoms with van der Waals surface area (Å²) in [5.41, 5.74) is 0.893. The fourth-order valence-electron chi connectivity index (χ4n) is 1.72. The standard InChI is InChI=1S/C12H22N4O2/c1-10(2)5-6-11-12(16(17)18)9-13-15(11)8-7-14(3)4/h9-10H,5-8H2,1-4H3. The third-order valence-corrected chi connectivity index (χ3v) is 2.84. The van der Waals surface area contributed by atoms with Gasteiger partial charge in [0, 0.05) is 6.54 Å². The molecule has 6 nitrogen and oxygen atoms in total. The lowest BCUT2D eigenvalue weighted by atomic mass is 10.1. The third kappa shape index (κ3) is 4.10. The fourth-order valence-corrected chi connectivity index (χ4v) is 1.72. The van der Waals surface area contributed by atoms with Gasteiger partial charge in [-0.25, -0.2) is 0 Å². The van der Waals surface area contributed by atoms with Crippen LogP contribution in [0.25, 0.3) is 0 Å². The highest BCUT2D eigenvalue weighted by atomic mass is 16.6. The molecule has 0 saturated carbocycles. The van der Waals surface area contributed by atoms with Gasteiger partial charge in [0.1, 0.15) is 11.9 Å². The van der Waals surface area contributed by atoms with Crippen molar-refractivity contribution in [3.63, 3.8) is 0 Å². The van der Waals surface area contributed by atoms with Crippen LogP contribution in [-0.4, -0.2) is 40.2 Å². The highest BCUT2D eigenvalue weighted by Gasteiger charge is 2.20. The lowest BCUT2D eigenvalue weighted by Crippen LogP contribution is -2.20. The molecule has 0 saturated heterocycles. The summed E-state index contributed by atoms with van der Waals surface area (Å²) in [6.45, 7) is 5.75. The van der Waals surface area contributed by atoms with E-state index in [2.05, 4.69) is 18.9 Å². The Bertz CT molecular complexity index is 399. The summed E-state index contributed by atoms with van der Waals surface area (Å²) >= 11 is 0. The van der Waals surface area contributed by atoms with Crippen LogP contribution in [0.1, 0.15) is 26.0 Å². The average molecular weight is 254 g/mol. The fraction of sp³-hybridized carbons (Fsp3) is 0.750. The van der Waals surface area contributed by atoms with E-state index in [1.54, 1.807) is 4.68 Å². The topological polar surface area (TPSA) is 64.2 Å². The summed E-state index contributed by atoms with van der Waals surface area (Å²) in [5.74, 6) is 0.529. The van der Waals surface area contributed by atoms with E-state index in [9.17, 15) is 10.1 Å². The normalized spacial score (nSPS) is 11.4. The van der Waals surface area contributed by atoms with Crippen molar-refractivity contribution in [2.45, 2.75) is 33.2 Å². The smallest absolute Gasteiger partial charge is 0.308 e. The van der Waals surface area contributed by atoms with E-state index in [-0.39, 0.29) is 10.6 Å². The molecule has 0 atom stereocenters. The average Bonchev–Trinajstić information content (AvgIpc) is 2.66. The number of hydrogen-bond acceptors (Lipinski definition) is 4. The van der Waals surface area contributed by atoms with Gasteiger partial charge in [0.05, 0.1) is 11.5 Å². The van der Waals surface area contributed by atoms with E-state index in [1.165, 1.54) is 6.20 Å². The first kappa shape index (κ1) is 14.6. The van der Waals surface area contributed by atoms with Crippen molar-refractivity contribution in [2.75, 3.05) is 20.6 Å². The van der Waals surface area contributed by atoms with Gasteiger partial charge in [-0.05, 0) is 32.9 Å². The van der Waals surface area contributed by atoms with E-state index in [0.717, 1.165) is 18.7 Å². The van der Waals surface area contributed by atoms with Crippen LogP contribution in [0.2, 0.25) is 0 Å². The third-order valence-electron chi connectivity index (χ3n) is 2.84. The van der Waals surface area contributed by atoms with Crippen LogP contribution in [0.4, 0.5) is 5.69 Å². The van der Waals surface area contributed by atoms with Gasteiger partial charge in [-0.2, -0.15) is 5.10 Å². The zero-order chi connectivity index (χ0) is 13.7. The van der Waals surface area contributed by atoms with Crippen molar-refractivity contribution in [2.24, 2.45) is 5.92 Å². The molecular weight excluding hydrogens is 232 g/mol. The quantitative estimate of drug-likeness (QED) is 0.551. The van der Waals surface area contributed by atoms with Crippen molar-refractivity contribution in [3.8, 4) is 0 Å². The molecule has 6 heteroatoms. The number of nitrogens with zero attached hydrogens (tertiary/aromatic N) is 4. The van der Waals surface area contributed by atoms with E-state index in [4.69, 9.17) is 0 Å². The van der Waals surface area contributed by atoms with Gasteiger partial charge < -0.3 is 4.90 Å². The second-order valence-electron chi connectivity index (χ2n) is 5.19. The Labute approximate surface area is 108 Å². The van der Waals surface area contributed by atoms with Crippen LogP contribution in [0.3, 0.4) is 0 Å². The van der Waals surface area contributed by atoms with Crippen molar-refractivity contribution in [1.29, 1.82) is 0 Å². The minimum Gasteiger partial charge on any atom is -0.308 e. The second kappa shape index (κ2) is 6.49. The molecule has 0 fully saturated rings. The lowest BCUT2D eigenvalue weighted by molar-refractivity contribution is -0.385. The zero-order valence-corrected chi connectivity index (χ0v) is 11.6. The van der Waals surface area contributed by atoms with Crippen LogP contribution in [0.15, 0.2) is 6.20 Å². The Hall–Kier alpha value is -1.43. The Balaban J connectivity index is 2.85. The van der Waals surface area contributed by atoms with Gasteiger partial charge in [-0.1, -0.05) is 13.8 Å². The molecular formula is C12H22N4O2. The van der Waals surface area contributed by atoms with Gasteiger partial charge >= 0.3 is 5.69 Å². The maximum Gasteiger partial charge on any atom is 0.310 e. The molecule has 0 unspecified atom stereocenters. The van der Waals surface area contributed by atoms with E-state index < -0.39 is 0 Å². The molecule has 1 heterocycles. The molecule has 1 aromatic rings. The Morgan fingerprint density at radius 1 is 1.50 bits per heavy atom. The van der Waals surface area contributed by atoms with Crippen LogP contribution in [0.5, 0.6) is 0 Å². The Morgan fingerprint density at radius 3 is 2.67 bits per heavy atom. The Kier molecular flexibility index (Phi) is 5.27. The summed E-state index contributed by atoms with van der Waals surface area (Å²) in [7, 11) is 3.96. The number of rotatable bonds is 7. The minimum atomic E-state index is -0.338. The molecule has 0 spiro atoms. The lowest BCUT2D eigenvalue weighted by Gasteiger charge is -2.12. The number of likely N-dealkylation sites (N-methyl/N-ethyl adjacent to an activating group) is 1. The molecule has 0 aromatic carbocycles. The molecule has 0 aliphatic rings. The highest BCUT2D eigenvalue weighted by molar-refractivity contribution is 5.33. The molecule has 18 heavy (non-hydrogen) atoms. The molecule has 0 aliphatic heterocycles. The predicted molar refractivity (Wildman–Crippen MR) is 70.6 cm³/mol. The summed E-state index contributed by atoms with van der Waals surface area (Å²) in [4.78, 5) is 12.7. The van der Waals surface area contributed by atoms with Crippen molar-refractivity contribution < 1.29 is 4.92 Å². The van der Waals surface area contributed by atoms with E-state index in [0.29, 0.717) is 18.9 Å². The largest absolute Gasteiger partial charge is 0.310 e. The van der Waals surface area contributed by atoms with Crippen molar-refractivity contribution in [1.82, 2.24) is 14.7 Å². The highest BCUT2D eigenvalue weighted by Crippen LogP contribution is 2.21. The van der Waals surface area contributed by atoms with Gasteiger partial charge in [0.15, 0.2) is 0 Å². The summed E-state index contributed by atoms with van der Waals surface area (Å²) in [5, 5.41) is 15.1. The number of nitro groups is 1. The molecule has 0 aliphatic carbocycles. The van der Waals surface area contributed by atoms with Crippen molar-refractivity contribution in [3.05, 3.63) is 22.0 Å². The monoisotopic (exact) mass is 254 g/mol. The van der Waals surface area contributed by atoms with Gasteiger partial charge in [-0.3, -0.25) is 14.8 Å². The first-order valence-corrected chi connectivity index (χ1v) is 6.25. The SMILES string of the molecule is CC(C)CCc1c([N+](=O)[O-])cnn1CCN(C)C. The van der Waals surface area contributed by atoms with Gasteiger partial charge in [-0.15, -0.1) is 0 Å². The maximum atomic E-state index is 11.0.